The van der Waals surface area contributed by atoms with Crippen LogP contribution < -0.4 is 10.1 Å². The summed E-state index contributed by atoms with van der Waals surface area (Å²) < 4.78 is 27.1. The highest BCUT2D eigenvalue weighted by Gasteiger charge is 2.45. The molecule has 3 atom stereocenters. The monoisotopic (exact) mass is 732 g/mol. The number of halogens is 2. The molecule has 0 unspecified atom stereocenters. The molecule has 4 aromatic heterocycles. The number of thiophene rings is 1. The number of rotatable bonds is 7. The summed E-state index contributed by atoms with van der Waals surface area (Å²) in [6, 6.07) is 13.5. The number of amides is 1. The van der Waals surface area contributed by atoms with Gasteiger partial charge in [0.25, 0.3) is 5.91 Å². The van der Waals surface area contributed by atoms with Crippen molar-refractivity contribution in [1.29, 1.82) is 0 Å². The number of benzene rings is 2. The molecule has 0 radical (unpaired) electrons. The molecule has 2 aromatic carbocycles. The third kappa shape index (κ3) is 4.89. The highest BCUT2D eigenvalue weighted by Crippen LogP contribution is 2.52. The number of anilines is 1. The van der Waals surface area contributed by atoms with Crippen LogP contribution >= 0.6 is 22.9 Å². The van der Waals surface area contributed by atoms with Gasteiger partial charge in [-0.15, -0.1) is 21.5 Å². The Morgan fingerprint density at radius 2 is 1.94 bits per heavy atom. The smallest absolute Gasteiger partial charge is 0.257 e. The van der Waals surface area contributed by atoms with E-state index in [1.165, 1.54) is 24.3 Å². The number of carbonyl (C=O) groups is 1. The average molecular weight is 733 g/mol. The Morgan fingerprint density at radius 3 is 2.79 bits per heavy atom. The highest BCUT2D eigenvalue weighted by molar-refractivity contribution is 7.23. The first-order valence-corrected chi connectivity index (χ1v) is 19.0. The Morgan fingerprint density at radius 1 is 1.06 bits per heavy atom. The van der Waals surface area contributed by atoms with Crippen LogP contribution in [0.5, 0.6) is 5.75 Å². The van der Waals surface area contributed by atoms with E-state index in [9.17, 15) is 9.18 Å². The molecular formula is C40H34ClFN6O3S. The summed E-state index contributed by atoms with van der Waals surface area (Å²) in [4.78, 5) is 27.4. The van der Waals surface area contributed by atoms with Gasteiger partial charge in [0.05, 0.1) is 46.4 Å². The molecule has 9 nitrogen and oxygen atoms in total. The summed E-state index contributed by atoms with van der Waals surface area (Å²) in [5.41, 5.74) is 8.34. The van der Waals surface area contributed by atoms with Crippen molar-refractivity contribution in [1.82, 2.24) is 25.1 Å². The van der Waals surface area contributed by atoms with Crippen LogP contribution in [-0.2, 0) is 19.3 Å². The zero-order chi connectivity index (χ0) is 35.2. The number of aromatic nitrogens is 4. The van der Waals surface area contributed by atoms with E-state index in [2.05, 4.69) is 33.7 Å². The van der Waals surface area contributed by atoms with Crippen LogP contribution in [0.3, 0.4) is 0 Å². The minimum Gasteiger partial charge on any atom is -0.493 e. The molecule has 6 heterocycles. The van der Waals surface area contributed by atoms with Crippen LogP contribution in [0.1, 0.15) is 93.6 Å². The molecule has 1 saturated heterocycles. The Bertz CT molecular complexity index is 2460. The molecule has 6 aromatic rings. The summed E-state index contributed by atoms with van der Waals surface area (Å²) >= 11 is 7.98. The van der Waals surface area contributed by atoms with Crippen molar-refractivity contribution < 1.29 is 18.3 Å². The zero-order valence-electron chi connectivity index (χ0n) is 28.6. The molecule has 1 amide bonds. The normalized spacial score (nSPS) is 20.0. The van der Waals surface area contributed by atoms with Gasteiger partial charge < -0.3 is 19.4 Å². The van der Waals surface area contributed by atoms with E-state index in [1.54, 1.807) is 24.5 Å². The van der Waals surface area contributed by atoms with Crippen molar-refractivity contribution in [3.05, 3.63) is 105 Å². The number of hydrogen-bond acceptors (Lipinski definition) is 9. The van der Waals surface area contributed by atoms with E-state index in [0.29, 0.717) is 42.5 Å². The Labute approximate surface area is 308 Å². The minimum absolute atomic E-state index is 0.00237. The first kappa shape index (κ1) is 31.8. The fourth-order valence-electron chi connectivity index (χ4n) is 9.06. The summed E-state index contributed by atoms with van der Waals surface area (Å²) in [5.74, 6) is 1.75. The van der Waals surface area contributed by atoms with Gasteiger partial charge in [-0.05, 0) is 103 Å². The van der Waals surface area contributed by atoms with E-state index in [1.807, 2.05) is 23.1 Å². The van der Waals surface area contributed by atoms with Crippen LogP contribution in [0.15, 0.2) is 53.1 Å². The van der Waals surface area contributed by atoms with Crippen molar-refractivity contribution in [3.63, 3.8) is 0 Å². The van der Waals surface area contributed by atoms with Gasteiger partial charge in [-0.25, -0.2) is 9.37 Å². The van der Waals surface area contributed by atoms with Crippen LogP contribution in [-0.4, -0.2) is 44.6 Å². The molecule has 2 aliphatic heterocycles. The molecule has 2 aliphatic carbocycles. The maximum absolute atomic E-state index is 14.5. The Kier molecular flexibility index (Phi) is 7.41. The highest BCUT2D eigenvalue weighted by atomic mass is 35.5. The topological polar surface area (TPSA) is 106 Å². The SMILES string of the molecule is COc1c(F)ccc2c1CC[C@H]2Nc1nccc2cc(-c3c4c(nc(C[C@H]5CCc6cc(Cl)ccc65)c3-c3nnc(C)o3)[C@@H]3CCCN3C4=O)sc12. The van der Waals surface area contributed by atoms with Crippen molar-refractivity contribution in [2.45, 2.75) is 69.9 Å². The van der Waals surface area contributed by atoms with Gasteiger partial charge in [-0.2, -0.15) is 0 Å². The lowest BCUT2D eigenvalue weighted by Crippen LogP contribution is -2.22. The fraction of sp³-hybridized carbons (Fsp3) is 0.325. The fourth-order valence-corrected chi connectivity index (χ4v) is 10.4. The molecule has 4 aliphatic rings. The van der Waals surface area contributed by atoms with Gasteiger partial charge in [-0.3, -0.25) is 9.78 Å². The predicted octanol–water partition coefficient (Wildman–Crippen LogP) is 9.18. The number of carbonyl (C=O) groups excluding carboxylic acids is 1. The number of methoxy groups -OCH3 is 1. The largest absolute Gasteiger partial charge is 0.493 e. The summed E-state index contributed by atoms with van der Waals surface area (Å²) in [5, 5.41) is 14.2. The molecule has 0 bridgehead atoms. The first-order chi connectivity index (χ1) is 25.4. The standard InChI is InChI=1S/C40H34ClFN6O3S/c1-19-46-47-39(51-19)32-29(17-21-6-5-20-16-23(41)7-8-24(20)21)44-35-30-4-3-15-48(30)40(49)34(35)33(32)31-18-22-13-14-43-38(37(22)52-31)45-28-12-10-26-25(28)9-11-27(42)36(26)50-2/h7-9,11,13-14,16,18,21,28,30H,3-6,10,12,15,17H2,1-2H3,(H,43,45)/t21-,28-,30+/m1/s1. The summed E-state index contributed by atoms with van der Waals surface area (Å²) in [6.07, 6.45) is 7.73. The van der Waals surface area contributed by atoms with Crippen LogP contribution in [0.4, 0.5) is 10.2 Å². The molecule has 0 spiro atoms. The van der Waals surface area contributed by atoms with Crippen LogP contribution in [0, 0.1) is 12.7 Å². The third-order valence-electron chi connectivity index (χ3n) is 11.3. The number of hydrogen-bond donors (Lipinski definition) is 1. The number of ether oxygens (including phenoxy) is 1. The third-order valence-corrected chi connectivity index (χ3v) is 12.7. The maximum atomic E-state index is 14.5. The summed E-state index contributed by atoms with van der Waals surface area (Å²) in [7, 11) is 1.51. The van der Waals surface area contributed by atoms with Gasteiger partial charge in [0.1, 0.15) is 5.82 Å². The molecule has 262 valence electrons. The first-order valence-electron chi connectivity index (χ1n) is 17.8. The number of nitrogens with one attached hydrogen (secondary N) is 1. The van der Waals surface area contributed by atoms with E-state index >= 15 is 0 Å². The van der Waals surface area contributed by atoms with Crippen LogP contribution in [0.2, 0.25) is 5.02 Å². The molecule has 1 fully saturated rings. The molecular weight excluding hydrogens is 699 g/mol. The summed E-state index contributed by atoms with van der Waals surface area (Å²) in [6.45, 7) is 2.49. The van der Waals surface area contributed by atoms with Crippen molar-refractivity contribution >= 4 is 44.7 Å². The average Bonchev–Trinajstić information content (AvgIpc) is 3.99. The van der Waals surface area contributed by atoms with Gasteiger partial charge in [-0.1, -0.05) is 23.7 Å². The van der Waals surface area contributed by atoms with Crippen LogP contribution in [0.25, 0.3) is 32.0 Å². The van der Waals surface area contributed by atoms with E-state index in [4.69, 9.17) is 30.7 Å². The second-order valence-electron chi connectivity index (χ2n) is 14.2. The second kappa shape index (κ2) is 12.1. The predicted molar refractivity (Wildman–Crippen MR) is 198 cm³/mol. The van der Waals surface area contributed by atoms with Crippen molar-refractivity contribution in [2.75, 3.05) is 19.0 Å². The van der Waals surface area contributed by atoms with Gasteiger partial charge in [0.15, 0.2) is 11.6 Å². The Hall–Kier alpha value is -4.87. The number of pyridine rings is 2. The lowest BCUT2D eigenvalue weighted by molar-refractivity contribution is 0.0776. The molecule has 10 rings (SSSR count). The van der Waals surface area contributed by atoms with Gasteiger partial charge in [0.2, 0.25) is 11.8 Å². The molecule has 0 saturated carbocycles. The lowest BCUT2D eigenvalue weighted by Gasteiger charge is -2.19. The molecule has 12 heteroatoms. The van der Waals surface area contributed by atoms with Crippen molar-refractivity contribution in [2.24, 2.45) is 0 Å². The second-order valence-corrected chi connectivity index (χ2v) is 15.7. The number of fused-ring (bicyclic) bond motifs is 6. The lowest BCUT2D eigenvalue weighted by atomic mass is 9.89. The van der Waals surface area contributed by atoms with Gasteiger partial charge in [0, 0.05) is 40.7 Å². The molecule has 1 N–H and O–H groups in total. The van der Waals surface area contributed by atoms with E-state index in [-0.39, 0.29) is 29.7 Å². The van der Waals surface area contributed by atoms with E-state index in [0.717, 1.165) is 91.5 Å². The molecule has 52 heavy (non-hydrogen) atoms. The number of nitrogens with zero attached hydrogens (tertiary/aromatic N) is 5. The zero-order valence-corrected chi connectivity index (χ0v) is 30.2. The minimum atomic E-state index is -0.349. The maximum Gasteiger partial charge on any atom is 0.257 e. The van der Waals surface area contributed by atoms with Gasteiger partial charge >= 0.3 is 0 Å². The quantitative estimate of drug-likeness (QED) is 0.173. The van der Waals surface area contributed by atoms with Crippen molar-refractivity contribution in [3.8, 4) is 27.6 Å². The Balaban J connectivity index is 1.14. The van der Waals surface area contributed by atoms with E-state index < -0.39 is 0 Å². The number of aryl methyl sites for hydroxylation is 2.